The zero-order valence-electron chi connectivity index (χ0n) is 15.3. The zero-order valence-corrected chi connectivity index (χ0v) is 15.3. The smallest absolute Gasteiger partial charge is 0.308 e. The molecule has 5 heteroatoms. The number of nitrogens with one attached hydrogen (secondary N) is 2. The maximum Gasteiger partial charge on any atom is 0.324 e. The number of likely N-dealkylation sites (tertiary alicyclic amines) is 1. The number of nitrogens with zero attached hydrogens (tertiary/aromatic N) is 2. The molecule has 1 aromatic heterocycles. The second kappa shape index (κ2) is 8.18. The standard InChI is InChI=1S/C22H24N4O/c27-22(25-21-13-10-18-6-2-3-7-20(18)24-21)23-19-11-8-17(9-12-19)16-26-14-4-1-5-15-26/h2-3,6-13H,1,4-5,14-16H2,(H2,23,24,25,27). The van der Waals surface area contributed by atoms with Gasteiger partial charge in [-0.25, -0.2) is 9.78 Å². The van der Waals surface area contributed by atoms with E-state index in [0.29, 0.717) is 5.82 Å². The maximum absolute atomic E-state index is 12.2. The van der Waals surface area contributed by atoms with Crippen LogP contribution in [0.1, 0.15) is 24.8 Å². The van der Waals surface area contributed by atoms with Crippen LogP contribution >= 0.6 is 0 Å². The number of pyridine rings is 1. The fourth-order valence-corrected chi connectivity index (χ4v) is 3.48. The fraction of sp³-hybridized carbons (Fsp3) is 0.273. The Balaban J connectivity index is 1.34. The number of urea groups is 1. The summed E-state index contributed by atoms with van der Waals surface area (Å²) in [7, 11) is 0. The summed E-state index contributed by atoms with van der Waals surface area (Å²) in [5, 5.41) is 6.71. The third-order valence-electron chi connectivity index (χ3n) is 4.91. The van der Waals surface area contributed by atoms with Gasteiger partial charge in [-0.2, -0.15) is 0 Å². The Bertz CT molecular complexity index is 917. The molecule has 2 aromatic carbocycles. The van der Waals surface area contributed by atoms with Crippen LogP contribution in [0.25, 0.3) is 10.9 Å². The number of hydrogen-bond donors (Lipinski definition) is 2. The largest absolute Gasteiger partial charge is 0.324 e. The quantitative estimate of drug-likeness (QED) is 0.698. The highest BCUT2D eigenvalue weighted by molar-refractivity contribution is 5.99. The van der Waals surface area contributed by atoms with Gasteiger partial charge >= 0.3 is 6.03 Å². The Kier molecular flexibility index (Phi) is 5.30. The van der Waals surface area contributed by atoms with Crippen LogP contribution in [0.2, 0.25) is 0 Å². The summed E-state index contributed by atoms with van der Waals surface area (Å²) in [4.78, 5) is 19.2. The number of benzene rings is 2. The van der Waals surface area contributed by atoms with Gasteiger partial charge in [-0.05, 0) is 61.8 Å². The summed E-state index contributed by atoms with van der Waals surface area (Å²) < 4.78 is 0. The second-order valence-electron chi connectivity index (χ2n) is 7.00. The molecule has 0 atom stereocenters. The summed E-state index contributed by atoms with van der Waals surface area (Å²) in [6.07, 6.45) is 3.94. The molecule has 0 saturated carbocycles. The molecule has 1 fully saturated rings. The van der Waals surface area contributed by atoms with E-state index >= 15 is 0 Å². The van der Waals surface area contributed by atoms with Gasteiger partial charge in [0.15, 0.2) is 0 Å². The summed E-state index contributed by atoms with van der Waals surface area (Å²) in [6.45, 7) is 3.34. The lowest BCUT2D eigenvalue weighted by atomic mass is 10.1. The van der Waals surface area contributed by atoms with Crippen molar-refractivity contribution in [1.82, 2.24) is 9.88 Å². The van der Waals surface area contributed by atoms with Crippen LogP contribution in [0.3, 0.4) is 0 Å². The number of rotatable bonds is 4. The van der Waals surface area contributed by atoms with Gasteiger partial charge in [-0.1, -0.05) is 36.8 Å². The lowest BCUT2D eigenvalue weighted by molar-refractivity contribution is 0.221. The monoisotopic (exact) mass is 360 g/mol. The zero-order chi connectivity index (χ0) is 18.5. The molecule has 0 radical (unpaired) electrons. The van der Waals surface area contributed by atoms with E-state index in [0.717, 1.165) is 23.1 Å². The molecule has 138 valence electrons. The van der Waals surface area contributed by atoms with Crippen molar-refractivity contribution in [1.29, 1.82) is 0 Å². The Hall–Kier alpha value is -2.92. The highest BCUT2D eigenvalue weighted by Crippen LogP contribution is 2.17. The SMILES string of the molecule is O=C(Nc1ccc(CN2CCCCC2)cc1)Nc1ccc2ccccc2n1. The molecule has 0 spiro atoms. The molecule has 2 N–H and O–H groups in total. The molecule has 3 aromatic rings. The van der Waals surface area contributed by atoms with Crippen molar-refractivity contribution >= 4 is 28.4 Å². The highest BCUT2D eigenvalue weighted by atomic mass is 16.2. The van der Waals surface area contributed by atoms with Crippen molar-refractivity contribution < 1.29 is 4.79 Å². The number of anilines is 2. The van der Waals surface area contributed by atoms with Crippen molar-refractivity contribution in [3.8, 4) is 0 Å². The van der Waals surface area contributed by atoms with E-state index in [2.05, 4.69) is 32.7 Å². The first-order valence-electron chi connectivity index (χ1n) is 9.51. The first-order valence-corrected chi connectivity index (χ1v) is 9.51. The molecular formula is C22H24N4O. The van der Waals surface area contributed by atoms with E-state index in [4.69, 9.17) is 0 Å². The number of hydrogen-bond acceptors (Lipinski definition) is 3. The molecular weight excluding hydrogens is 336 g/mol. The van der Waals surface area contributed by atoms with E-state index < -0.39 is 0 Å². The van der Waals surface area contributed by atoms with E-state index in [-0.39, 0.29) is 6.03 Å². The molecule has 2 amide bonds. The van der Waals surface area contributed by atoms with Gasteiger partial charge in [0.2, 0.25) is 0 Å². The maximum atomic E-state index is 12.2. The number of piperidine rings is 1. The summed E-state index contributed by atoms with van der Waals surface area (Å²) >= 11 is 0. The van der Waals surface area contributed by atoms with Gasteiger partial charge in [-0.3, -0.25) is 10.2 Å². The molecule has 1 saturated heterocycles. The molecule has 2 heterocycles. The molecule has 0 unspecified atom stereocenters. The molecule has 0 bridgehead atoms. The first-order chi connectivity index (χ1) is 13.3. The van der Waals surface area contributed by atoms with Crippen LogP contribution in [0.4, 0.5) is 16.3 Å². The second-order valence-corrected chi connectivity index (χ2v) is 7.00. The van der Waals surface area contributed by atoms with Crippen LogP contribution in [-0.4, -0.2) is 29.0 Å². The minimum Gasteiger partial charge on any atom is -0.308 e. The number of aromatic nitrogens is 1. The summed E-state index contributed by atoms with van der Waals surface area (Å²) in [6, 6.07) is 19.4. The third-order valence-corrected chi connectivity index (χ3v) is 4.91. The lowest BCUT2D eigenvalue weighted by Crippen LogP contribution is -2.29. The van der Waals surface area contributed by atoms with Gasteiger partial charge in [0.05, 0.1) is 5.52 Å². The summed E-state index contributed by atoms with van der Waals surface area (Å²) in [5.74, 6) is 0.535. The van der Waals surface area contributed by atoms with Crippen LogP contribution in [-0.2, 0) is 6.54 Å². The van der Waals surface area contributed by atoms with Crippen LogP contribution in [0, 0.1) is 0 Å². The normalized spacial score (nSPS) is 14.8. The number of para-hydroxylation sites is 1. The van der Waals surface area contributed by atoms with Crippen molar-refractivity contribution in [3.05, 3.63) is 66.2 Å². The lowest BCUT2D eigenvalue weighted by Gasteiger charge is -2.26. The van der Waals surface area contributed by atoms with Crippen LogP contribution in [0.15, 0.2) is 60.7 Å². The van der Waals surface area contributed by atoms with E-state index in [9.17, 15) is 4.79 Å². The first kappa shape index (κ1) is 17.5. The van der Waals surface area contributed by atoms with Gasteiger partial charge in [0.1, 0.15) is 5.82 Å². The molecule has 0 aliphatic carbocycles. The van der Waals surface area contributed by atoms with Gasteiger partial charge in [0.25, 0.3) is 0 Å². The predicted octanol–water partition coefficient (Wildman–Crippen LogP) is 4.86. The number of carbonyl (C=O) groups is 1. The highest BCUT2D eigenvalue weighted by Gasteiger charge is 2.10. The Morgan fingerprint density at radius 2 is 1.67 bits per heavy atom. The predicted molar refractivity (Wildman–Crippen MR) is 110 cm³/mol. The molecule has 4 rings (SSSR count). The Morgan fingerprint density at radius 1 is 0.889 bits per heavy atom. The van der Waals surface area contributed by atoms with E-state index in [1.165, 1.54) is 37.9 Å². The number of fused-ring (bicyclic) bond motifs is 1. The molecule has 1 aliphatic rings. The average molecular weight is 360 g/mol. The van der Waals surface area contributed by atoms with Crippen molar-refractivity contribution in [3.63, 3.8) is 0 Å². The van der Waals surface area contributed by atoms with Crippen molar-refractivity contribution in [2.45, 2.75) is 25.8 Å². The molecule has 27 heavy (non-hydrogen) atoms. The van der Waals surface area contributed by atoms with E-state index in [1.54, 1.807) is 0 Å². The minimum absolute atomic E-state index is 0.290. The minimum atomic E-state index is -0.290. The van der Waals surface area contributed by atoms with Crippen LogP contribution < -0.4 is 10.6 Å². The average Bonchev–Trinajstić information content (AvgIpc) is 2.70. The molecule has 1 aliphatic heterocycles. The number of amides is 2. The van der Waals surface area contributed by atoms with Gasteiger partial charge in [-0.15, -0.1) is 0 Å². The topological polar surface area (TPSA) is 57.3 Å². The van der Waals surface area contributed by atoms with E-state index in [1.807, 2.05) is 48.5 Å². The Labute approximate surface area is 159 Å². The Morgan fingerprint density at radius 3 is 2.48 bits per heavy atom. The summed E-state index contributed by atoms with van der Waals surface area (Å²) in [5.41, 5.74) is 2.91. The fourth-order valence-electron chi connectivity index (χ4n) is 3.48. The van der Waals surface area contributed by atoms with Crippen molar-refractivity contribution in [2.75, 3.05) is 23.7 Å². The van der Waals surface area contributed by atoms with Crippen molar-refractivity contribution in [2.24, 2.45) is 0 Å². The number of carbonyl (C=O) groups excluding carboxylic acids is 1. The molecule has 5 nitrogen and oxygen atoms in total. The van der Waals surface area contributed by atoms with Gasteiger partial charge in [0, 0.05) is 17.6 Å². The van der Waals surface area contributed by atoms with Crippen LogP contribution in [0.5, 0.6) is 0 Å². The third kappa shape index (κ3) is 4.63. The van der Waals surface area contributed by atoms with Gasteiger partial charge < -0.3 is 5.32 Å².